The zero-order valence-electron chi connectivity index (χ0n) is 9.91. The van der Waals surface area contributed by atoms with Crippen LogP contribution in [0.15, 0.2) is 56.7 Å². The van der Waals surface area contributed by atoms with Crippen molar-refractivity contribution in [2.45, 2.75) is 16.3 Å². The Bertz CT molecular complexity index is 528. The highest BCUT2D eigenvalue weighted by molar-refractivity contribution is 9.10. The Morgan fingerprint density at radius 1 is 1.17 bits per heavy atom. The maximum Gasteiger partial charge on any atom is 0.0406 e. The molecule has 0 aliphatic heterocycles. The van der Waals surface area contributed by atoms with Crippen LogP contribution in [0.4, 0.5) is 0 Å². The van der Waals surface area contributed by atoms with Crippen LogP contribution in [0.25, 0.3) is 0 Å². The van der Waals surface area contributed by atoms with Gasteiger partial charge in [-0.15, -0.1) is 0 Å². The van der Waals surface area contributed by atoms with Crippen LogP contribution >= 0.6 is 39.3 Å². The topological polar surface area (TPSA) is 12.0 Å². The monoisotopic (exact) mass is 341 g/mol. The minimum Gasteiger partial charge on any atom is -0.316 e. The van der Waals surface area contributed by atoms with E-state index in [4.69, 9.17) is 11.6 Å². The number of nitrogens with one attached hydrogen (secondary N) is 1. The summed E-state index contributed by atoms with van der Waals surface area (Å²) in [6.45, 7) is 0.857. The van der Waals surface area contributed by atoms with E-state index in [9.17, 15) is 0 Å². The van der Waals surface area contributed by atoms with Crippen LogP contribution in [-0.4, -0.2) is 7.05 Å². The van der Waals surface area contributed by atoms with Gasteiger partial charge in [0.15, 0.2) is 0 Å². The van der Waals surface area contributed by atoms with E-state index in [0.717, 1.165) is 16.0 Å². The van der Waals surface area contributed by atoms with E-state index in [0.29, 0.717) is 0 Å². The summed E-state index contributed by atoms with van der Waals surface area (Å²) in [7, 11) is 1.96. The predicted molar refractivity (Wildman–Crippen MR) is 82.5 cm³/mol. The van der Waals surface area contributed by atoms with Gasteiger partial charge in [-0.3, -0.25) is 0 Å². The molecular formula is C14H13BrClNS. The molecule has 0 spiro atoms. The Morgan fingerprint density at radius 2 is 1.89 bits per heavy atom. The average molecular weight is 343 g/mol. The molecule has 0 fully saturated rings. The lowest BCUT2D eigenvalue weighted by molar-refractivity contribution is 0.802. The molecule has 0 aromatic heterocycles. The van der Waals surface area contributed by atoms with Crippen LogP contribution < -0.4 is 5.32 Å². The molecule has 0 aliphatic rings. The standard InChI is InChI=1S/C14H13BrClNS/c1-17-9-10-8-11(15)2-7-14(10)18-13-5-3-12(16)4-6-13/h2-8,17H,9H2,1H3. The lowest BCUT2D eigenvalue weighted by Gasteiger charge is -2.09. The van der Waals surface area contributed by atoms with E-state index in [1.807, 2.05) is 31.3 Å². The van der Waals surface area contributed by atoms with Gasteiger partial charge in [-0.25, -0.2) is 0 Å². The largest absolute Gasteiger partial charge is 0.316 e. The summed E-state index contributed by atoms with van der Waals surface area (Å²) in [5.41, 5.74) is 1.28. The maximum atomic E-state index is 5.89. The quantitative estimate of drug-likeness (QED) is 0.841. The summed E-state index contributed by atoms with van der Waals surface area (Å²) in [6, 6.07) is 14.3. The SMILES string of the molecule is CNCc1cc(Br)ccc1Sc1ccc(Cl)cc1. The normalized spacial score (nSPS) is 10.6. The van der Waals surface area contributed by atoms with Gasteiger partial charge in [-0.2, -0.15) is 0 Å². The lowest BCUT2D eigenvalue weighted by atomic mass is 10.2. The average Bonchev–Trinajstić information content (AvgIpc) is 2.36. The second-order valence-corrected chi connectivity index (χ2v) is 6.31. The summed E-state index contributed by atoms with van der Waals surface area (Å²) in [5.74, 6) is 0. The third-order valence-corrected chi connectivity index (χ3v) is 4.30. The Kier molecular flexibility index (Phi) is 5.13. The minimum atomic E-state index is 0.769. The molecule has 0 saturated heterocycles. The van der Waals surface area contributed by atoms with Gasteiger partial charge in [0.2, 0.25) is 0 Å². The summed E-state index contributed by atoms with van der Waals surface area (Å²) in [4.78, 5) is 2.45. The zero-order valence-corrected chi connectivity index (χ0v) is 13.1. The number of halogens is 2. The van der Waals surface area contributed by atoms with Gasteiger partial charge in [0.05, 0.1) is 0 Å². The molecule has 0 atom stereocenters. The van der Waals surface area contributed by atoms with Crippen molar-refractivity contribution in [3.63, 3.8) is 0 Å². The molecular weight excluding hydrogens is 330 g/mol. The molecule has 0 heterocycles. The molecule has 0 saturated carbocycles. The van der Waals surface area contributed by atoms with E-state index in [2.05, 4.69) is 39.4 Å². The van der Waals surface area contributed by atoms with Crippen LogP contribution in [0.2, 0.25) is 5.02 Å². The van der Waals surface area contributed by atoms with Crippen molar-refractivity contribution in [3.8, 4) is 0 Å². The second-order valence-electron chi connectivity index (χ2n) is 3.84. The third-order valence-electron chi connectivity index (χ3n) is 2.43. The van der Waals surface area contributed by atoms with E-state index in [1.54, 1.807) is 11.8 Å². The molecule has 94 valence electrons. The third kappa shape index (κ3) is 3.75. The van der Waals surface area contributed by atoms with Crippen LogP contribution in [-0.2, 0) is 6.54 Å². The van der Waals surface area contributed by atoms with Crippen LogP contribution in [0.5, 0.6) is 0 Å². The molecule has 0 unspecified atom stereocenters. The van der Waals surface area contributed by atoms with Crippen molar-refractivity contribution in [2.24, 2.45) is 0 Å². The van der Waals surface area contributed by atoms with Crippen molar-refractivity contribution < 1.29 is 0 Å². The van der Waals surface area contributed by atoms with E-state index in [1.165, 1.54) is 15.4 Å². The van der Waals surface area contributed by atoms with Crippen molar-refractivity contribution in [3.05, 3.63) is 57.5 Å². The molecule has 0 aliphatic carbocycles. The van der Waals surface area contributed by atoms with Crippen LogP contribution in [0, 0.1) is 0 Å². The number of rotatable bonds is 4. The number of benzene rings is 2. The van der Waals surface area contributed by atoms with Crippen LogP contribution in [0.1, 0.15) is 5.56 Å². The minimum absolute atomic E-state index is 0.769. The lowest BCUT2D eigenvalue weighted by Crippen LogP contribution is -2.06. The van der Waals surface area contributed by atoms with Crippen LogP contribution in [0.3, 0.4) is 0 Å². The number of hydrogen-bond donors (Lipinski definition) is 1. The second kappa shape index (κ2) is 6.62. The maximum absolute atomic E-state index is 5.89. The Morgan fingerprint density at radius 3 is 2.56 bits per heavy atom. The molecule has 2 aromatic rings. The first-order valence-corrected chi connectivity index (χ1v) is 7.54. The van der Waals surface area contributed by atoms with Crippen molar-refractivity contribution in [1.29, 1.82) is 0 Å². The molecule has 2 aromatic carbocycles. The van der Waals surface area contributed by atoms with Gasteiger partial charge < -0.3 is 5.32 Å². The molecule has 2 rings (SSSR count). The predicted octanol–water partition coefficient (Wildman–Crippen LogP) is 4.97. The van der Waals surface area contributed by atoms with E-state index >= 15 is 0 Å². The highest BCUT2D eigenvalue weighted by Crippen LogP contribution is 2.32. The van der Waals surface area contributed by atoms with Crippen molar-refractivity contribution in [2.75, 3.05) is 7.05 Å². The molecule has 0 radical (unpaired) electrons. The van der Waals surface area contributed by atoms with Gasteiger partial charge in [-0.05, 0) is 55.1 Å². The summed E-state index contributed by atoms with van der Waals surface area (Å²) >= 11 is 11.1. The van der Waals surface area contributed by atoms with Gasteiger partial charge in [0.25, 0.3) is 0 Å². The van der Waals surface area contributed by atoms with Gasteiger partial charge in [-0.1, -0.05) is 39.3 Å². The molecule has 18 heavy (non-hydrogen) atoms. The van der Waals surface area contributed by atoms with Crippen molar-refractivity contribution >= 4 is 39.3 Å². The fourth-order valence-electron chi connectivity index (χ4n) is 1.61. The Balaban J connectivity index is 2.25. The van der Waals surface area contributed by atoms with Gasteiger partial charge in [0, 0.05) is 25.8 Å². The van der Waals surface area contributed by atoms with Crippen molar-refractivity contribution in [1.82, 2.24) is 5.32 Å². The summed E-state index contributed by atoms with van der Waals surface area (Å²) < 4.78 is 1.10. The fourth-order valence-corrected chi connectivity index (χ4v) is 3.06. The first kappa shape index (κ1) is 13.9. The summed E-state index contributed by atoms with van der Waals surface area (Å²) in [6.07, 6.45) is 0. The number of hydrogen-bond acceptors (Lipinski definition) is 2. The van der Waals surface area contributed by atoms with E-state index < -0.39 is 0 Å². The first-order chi connectivity index (χ1) is 8.69. The van der Waals surface area contributed by atoms with E-state index in [-0.39, 0.29) is 0 Å². The highest BCUT2D eigenvalue weighted by Gasteiger charge is 2.05. The molecule has 0 amide bonds. The Hall–Kier alpha value is -0.480. The fraction of sp³-hybridized carbons (Fsp3) is 0.143. The molecule has 1 nitrogen and oxygen atoms in total. The molecule has 1 N–H and O–H groups in total. The highest BCUT2D eigenvalue weighted by atomic mass is 79.9. The van der Waals surface area contributed by atoms with Gasteiger partial charge >= 0.3 is 0 Å². The first-order valence-electron chi connectivity index (χ1n) is 5.55. The Labute approximate surface area is 125 Å². The van der Waals surface area contributed by atoms with Gasteiger partial charge in [0.1, 0.15) is 0 Å². The zero-order chi connectivity index (χ0) is 13.0. The molecule has 0 bridgehead atoms. The molecule has 4 heteroatoms. The summed E-state index contributed by atoms with van der Waals surface area (Å²) in [5, 5.41) is 3.96. The smallest absolute Gasteiger partial charge is 0.0406 e.